The van der Waals surface area contributed by atoms with Crippen LogP contribution in [0.3, 0.4) is 0 Å². The molecule has 1 aromatic carbocycles. The first-order valence-corrected chi connectivity index (χ1v) is 5.68. The first-order valence-electron chi connectivity index (χ1n) is 5.68. The zero-order chi connectivity index (χ0) is 12.4. The number of nitrogens with one attached hydrogen (secondary N) is 1. The molecule has 0 heterocycles. The number of methoxy groups -OCH3 is 2. The van der Waals surface area contributed by atoms with Gasteiger partial charge in [0, 0.05) is 29.8 Å². The van der Waals surface area contributed by atoms with Gasteiger partial charge >= 0.3 is 0 Å². The predicted molar refractivity (Wildman–Crippen MR) is 65.4 cm³/mol. The largest absolute Gasteiger partial charge is 0.497 e. The van der Waals surface area contributed by atoms with Gasteiger partial charge in [0.2, 0.25) is 5.91 Å². The Hall–Kier alpha value is -1.71. The maximum Gasteiger partial charge on any atom is 0.227 e. The summed E-state index contributed by atoms with van der Waals surface area (Å²) < 4.78 is 10.3. The third kappa shape index (κ3) is 2.70. The Bertz CT molecular complexity index is 408. The Morgan fingerprint density at radius 2 is 1.76 bits per heavy atom. The van der Waals surface area contributed by atoms with E-state index in [4.69, 9.17) is 9.47 Å². The lowest BCUT2D eigenvalue weighted by atomic mass is 10.2. The van der Waals surface area contributed by atoms with Crippen LogP contribution in [0.25, 0.3) is 0 Å². The molecule has 2 rings (SSSR count). The maximum absolute atomic E-state index is 11.8. The first-order chi connectivity index (χ1) is 8.13. The highest BCUT2D eigenvalue weighted by atomic mass is 16.5. The third-order valence-corrected chi connectivity index (χ3v) is 3.07. The Balaban J connectivity index is 2.11. The summed E-state index contributed by atoms with van der Waals surface area (Å²) in [6, 6.07) is 5.34. The van der Waals surface area contributed by atoms with E-state index in [1.54, 1.807) is 32.4 Å². The summed E-state index contributed by atoms with van der Waals surface area (Å²) in [5.41, 5.74) is 0.713. The molecule has 0 aliphatic heterocycles. The van der Waals surface area contributed by atoms with Crippen LogP contribution in [0.4, 0.5) is 5.69 Å². The summed E-state index contributed by atoms with van der Waals surface area (Å²) >= 11 is 0. The van der Waals surface area contributed by atoms with Crippen molar-refractivity contribution < 1.29 is 14.3 Å². The molecule has 1 amide bonds. The van der Waals surface area contributed by atoms with Gasteiger partial charge in [-0.25, -0.2) is 0 Å². The number of benzene rings is 1. The fourth-order valence-electron chi connectivity index (χ4n) is 1.80. The second kappa shape index (κ2) is 4.65. The molecule has 2 atom stereocenters. The normalized spacial score (nSPS) is 21.8. The zero-order valence-electron chi connectivity index (χ0n) is 10.3. The number of carbonyl (C=O) groups is 1. The lowest BCUT2D eigenvalue weighted by Crippen LogP contribution is -2.14. The third-order valence-electron chi connectivity index (χ3n) is 3.07. The summed E-state index contributed by atoms with van der Waals surface area (Å²) in [6.45, 7) is 2.08. The minimum Gasteiger partial charge on any atom is -0.497 e. The van der Waals surface area contributed by atoms with Gasteiger partial charge in [0.15, 0.2) is 0 Å². The quantitative estimate of drug-likeness (QED) is 0.871. The lowest BCUT2D eigenvalue weighted by molar-refractivity contribution is -0.117. The molecule has 0 saturated heterocycles. The Labute approximate surface area is 101 Å². The first kappa shape index (κ1) is 11.8. The van der Waals surface area contributed by atoms with Gasteiger partial charge in [-0.05, 0) is 12.3 Å². The van der Waals surface area contributed by atoms with Crippen LogP contribution >= 0.6 is 0 Å². The van der Waals surface area contributed by atoms with Crippen molar-refractivity contribution in [2.75, 3.05) is 19.5 Å². The Morgan fingerprint density at radius 3 is 2.18 bits per heavy atom. The SMILES string of the molecule is COc1cc(NC(=O)C2CC2C)cc(OC)c1. The van der Waals surface area contributed by atoms with Crippen LogP contribution < -0.4 is 14.8 Å². The van der Waals surface area contributed by atoms with Crippen molar-refractivity contribution in [3.05, 3.63) is 18.2 Å². The molecule has 0 spiro atoms. The van der Waals surface area contributed by atoms with Gasteiger partial charge in [-0.2, -0.15) is 0 Å². The number of hydrogen-bond acceptors (Lipinski definition) is 3. The molecule has 1 N–H and O–H groups in total. The smallest absolute Gasteiger partial charge is 0.227 e. The molecular weight excluding hydrogens is 218 g/mol. The Morgan fingerprint density at radius 1 is 1.24 bits per heavy atom. The van der Waals surface area contributed by atoms with Crippen molar-refractivity contribution in [3.63, 3.8) is 0 Å². The zero-order valence-corrected chi connectivity index (χ0v) is 10.3. The van der Waals surface area contributed by atoms with Gasteiger partial charge < -0.3 is 14.8 Å². The van der Waals surface area contributed by atoms with Gasteiger partial charge in [0.1, 0.15) is 11.5 Å². The van der Waals surface area contributed by atoms with E-state index in [0.717, 1.165) is 6.42 Å². The van der Waals surface area contributed by atoms with E-state index in [9.17, 15) is 4.79 Å². The van der Waals surface area contributed by atoms with Crippen LogP contribution in [0.15, 0.2) is 18.2 Å². The number of hydrogen-bond donors (Lipinski definition) is 1. The molecule has 4 nitrogen and oxygen atoms in total. The summed E-state index contributed by atoms with van der Waals surface area (Å²) in [4.78, 5) is 11.8. The average Bonchev–Trinajstić information content (AvgIpc) is 3.06. The fourth-order valence-corrected chi connectivity index (χ4v) is 1.80. The van der Waals surface area contributed by atoms with Crippen LogP contribution in [0.5, 0.6) is 11.5 Å². The predicted octanol–water partition coefficient (Wildman–Crippen LogP) is 2.30. The second-order valence-corrected chi connectivity index (χ2v) is 4.41. The van der Waals surface area contributed by atoms with Gasteiger partial charge in [0.05, 0.1) is 14.2 Å². The van der Waals surface area contributed by atoms with Gasteiger partial charge in [-0.3, -0.25) is 4.79 Å². The number of rotatable bonds is 4. The number of amides is 1. The molecule has 1 aliphatic carbocycles. The average molecular weight is 235 g/mol. The molecule has 0 radical (unpaired) electrons. The molecule has 17 heavy (non-hydrogen) atoms. The van der Waals surface area contributed by atoms with Gasteiger partial charge in [-0.15, -0.1) is 0 Å². The highest BCUT2D eigenvalue weighted by Crippen LogP contribution is 2.38. The molecule has 1 fully saturated rings. The molecule has 92 valence electrons. The van der Waals surface area contributed by atoms with Crippen molar-refractivity contribution in [1.29, 1.82) is 0 Å². The van der Waals surface area contributed by atoms with Crippen LogP contribution in [0, 0.1) is 11.8 Å². The van der Waals surface area contributed by atoms with E-state index < -0.39 is 0 Å². The molecule has 1 aliphatic rings. The van der Waals surface area contributed by atoms with E-state index >= 15 is 0 Å². The highest BCUT2D eigenvalue weighted by molar-refractivity contribution is 5.94. The summed E-state index contributed by atoms with van der Waals surface area (Å²) in [6.07, 6.45) is 0.979. The highest BCUT2D eigenvalue weighted by Gasteiger charge is 2.39. The molecule has 2 unspecified atom stereocenters. The van der Waals surface area contributed by atoms with Crippen LogP contribution in [-0.2, 0) is 4.79 Å². The van der Waals surface area contributed by atoms with Crippen molar-refractivity contribution in [3.8, 4) is 11.5 Å². The van der Waals surface area contributed by atoms with E-state index in [0.29, 0.717) is 23.1 Å². The topological polar surface area (TPSA) is 47.6 Å². The minimum absolute atomic E-state index is 0.0767. The second-order valence-electron chi connectivity index (χ2n) is 4.41. The van der Waals surface area contributed by atoms with E-state index in [-0.39, 0.29) is 11.8 Å². The lowest BCUT2D eigenvalue weighted by Gasteiger charge is -2.09. The maximum atomic E-state index is 11.8. The number of carbonyl (C=O) groups excluding carboxylic acids is 1. The fraction of sp³-hybridized carbons (Fsp3) is 0.462. The van der Waals surface area contributed by atoms with Crippen molar-refractivity contribution in [2.24, 2.45) is 11.8 Å². The standard InChI is InChI=1S/C13H17NO3/c1-8-4-12(8)13(15)14-9-5-10(16-2)7-11(6-9)17-3/h5-8,12H,4H2,1-3H3,(H,14,15). The number of ether oxygens (including phenoxy) is 2. The number of anilines is 1. The molecule has 4 heteroatoms. The van der Waals surface area contributed by atoms with E-state index in [1.807, 2.05) is 0 Å². The summed E-state index contributed by atoms with van der Waals surface area (Å²) in [5.74, 6) is 2.08. The monoisotopic (exact) mass is 235 g/mol. The molecular formula is C13H17NO3. The summed E-state index contributed by atoms with van der Waals surface area (Å²) in [5, 5.41) is 2.88. The van der Waals surface area contributed by atoms with Crippen molar-refractivity contribution in [2.45, 2.75) is 13.3 Å². The van der Waals surface area contributed by atoms with Gasteiger partial charge in [0.25, 0.3) is 0 Å². The summed E-state index contributed by atoms with van der Waals surface area (Å²) in [7, 11) is 3.17. The Kier molecular flexibility index (Phi) is 3.22. The van der Waals surface area contributed by atoms with E-state index in [1.165, 1.54) is 0 Å². The van der Waals surface area contributed by atoms with Crippen LogP contribution in [0.2, 0.25) is 0 Å². The minimum atomic E-state index is 0.0767. The van der Waals surface area contributed by atoms with Crippen LogP contribution in [0.1, 0.15) is 13.3 Å². The molecule has 1 saturated carbocycles. The van der Waals surface area contributed by atoms with E-state index in [2.05, 4.69) is 12.2 Å². The van der Waals surface area contributed by atoms with Gasteiger partial charge in [-0.1, -0.05) is 6.92 Å². The van der Waals surface area contributed by atoms with Crippen molar-refractivity contribution in [1.82, 2.24) is 0 Å². The van der Waals surface area contributed by atoms with Crippen molar-refractivity contribution >= 4 is 11.6 Å². The molecule has 1 aromatic rings. The molecule has 0 aromatic heterocycles. The van der Waals surface area contributed by atoms with Crippen LogP contribution in [-0.4, -0.2) is 20.1 Å². The molecule has 0 bridgehead atoms.